The van der Waals surface area contributed by atoms with Crippen LogP contribution in [-0.4, -0.2) is 49.2 Å². The fourth-order valence-corrected chi connectivity index (χ4v) is 4.54. The average Bonchev–Trinajstić information content (AvgIpc) is 2.76. The summed E-state index contributed by atoms with van der Waals surface area (Å²) in [5, 5.41) is 0. The molecule has 0 bridgehead atoms. The summed E-state index contributed by atoms with van der Waals surface area (Å²) < 4.78 is 7.01. The van der Waals surface area contributed by atoms with Crippen LogP contribution in [0.1, 0.15) is 43.6 Å². The largest absolute Gasteiger partial charge is 0.492 e. The van der Waals surface area contributed by atoms with E-state index in [-0.39, 0.29) is 0 Å². The van der Waals surface area contributed by atoms with Crippen molar-refractivity contribution in [1.29, 1.82) is 0 Å². The molecule has 5 heteroatoms. The van der Waals surface area contributed by atoms with E-state index in [1.807, 2.05) is 6.20 Å². The fraction of sp³-hybridized carbons (Fsp3) is 0.522. The maximum absolute atomic E-state index is 5.97. The first-order valence-electron chi connectivity index (χ1n) is 10.6. The Morgan fingerprint density at radius 2 is 1.68 bits per heavy atom. The molecule has 0 N–H and O–H groups in total. The van der Waals surface area contributed by atoms with Crippen molar-refractivity contribution in [2.24, 2.45) is 0 Å². The Labute approximate surface area is 177 Å². The standard InChI is InChI=1S/C23H30BrN3O/c24-21-6-9-23(25-18-21)27-14-10-20(11-15-27)19-4-7-22(8-5-19)28-17-16-26-12-2-1-3-13-26/h4-9,18,20H,1-3,10-17H2. The molecule has 0 spiro atoms. The molecule has 2 aromatic rings. The minimum absolute atomic E-state index is 0.633. The topological polar surface area (TPSA) is 28.6 Å². The maximum atomic E-state index is 5.97. The lowest BCUT2D eigenvalue weighted by Crippen LogP contribution is -2.33. The number of nitrogens with zero attached hydrogens (tertiary/aromatic N) is 3. The molecule has 0 amide bonds. The SMILES string of the molecule is Brc1ccc(N2CCC(c3ccc(OCCN4CCCCC4)cc3)CC2)nc1. The smallest absolute Gasteiger partial charge is 0.128 e. The van der Waals surface area contributed by atoms with Crippen molar-refractivity contribution in [3.8, 4) is 5.75 Å². The molecule has 2 saturated heterocycles. The van der Waals surface area contributed by atoms with Gasteiger partial charge in [0.25, 0.3) is 0 Å². The van der Waals surface area contributed by atoms with Gasteiger partial charge in [-0.15, -0.1) is 0 Å². The molecule has 2 aliphatic rings. The lowest BCUT2D eigenvalue weighted by molar-refractivity contribution is 0.183. The van der Waals surface area contributed by atoms with Gasteiger partial charge in [-0.2, -0.15) is 0 Å². The van der Waals surface area contributed by atoms with Crippen LogP contribution < -0.4 is 9.64 Å². The third-order valence-corrected chi connectivity index (χ3v) is 6.48. The molecule has 0 aliphatic carbocycles. The van der Waals surface area contributed by atoms with Crippen LogP contribution in [-0.2, 0) is 0 Å². The van der Waals surface area contributed by atoms with Gasteiger partial charge < -0.3 is 9.64 Å². The Morgan fingerprint density at radius 1 is 0.929 bits per heavy atom. The second-order valence-electron chi connectivity index (χ2n) is 7.92. The molecule has 2 aliphatic heterocycles. The summed E-state index contributed by atoms with van der Waals surface area (Å²) in [6.45, 7) is 6.43. The molecule has 1 aromatic carbocycles. The number of benzene rings is 1. The quantitative estimate of drug-likeness (QED) is 0.621. The van der Waals surface area contributed by atoms with Gasteiger partial charge in [0.15, 0.2) is 0 Å². The number of likely N-dealkylation sites (tertiary alicyclic amines) is 1. The number of ether oxygens (including phenoxy) is 1. The van der Waals surface area contributed by atoms with Gasteiger partial charge in [0.2, 0.25) is 0 Å². The third kappa shape index (κ3) is 5.26. The third-order valence-electron chi connectivity index (χ3n) is 6.01. The van der Waals surface area contributed by atoms with Crippen molar-refractivity contribution in [3.05, 3.63) is 52.6 Å². The number of halogens is 1. The summed E-state index contributed by atoms with van der Waals surface area (Å²) in [7, 11) is 0. The Balaban J connectivity index is 1.23. The minimum atomic E-state index is 0.633. The zero-order chi connectivity index (χ0) is 19.2. The van der Waals surface area contributed by atoms with Gasteiger partial charge in [-0.3, -0.25) is 4.90 Å². The van der Waals surface area contributed by atoms with Crippen molar-refractivity contribution >= 4 is 21.7 Å². The van der Waals surface area contributed by atoms with Gasteiger partial charge in [-0.1, -0.05) is 18.6 Å². The molecular weight excluding hydrogens is 414 g/mol. The number of anilines is 1. The van der Waals surface area contributed by atoms with Gasteiger partial charge in [0.05, 0.1) is 0 Å². The second-order valence-corrected chi connectivity index (χ2v) is 8.83. The predicted molar refractivity (Wildman–Crippen MR) is 118 cm³/mol. The van der Waals surface area contributed by atoms with Crippen LogP contribution >= 0.6 is 15.9 Å². The number of hydrogen-bond acceptors (Lipinski definition) is 4. The normalized spacial score (nSPS) is 19.0. The Bertz CT molecular complexity index is 721. The number of piperidine rings is 2. The Kier molecular flexibility index (Phi) is 6.86. The summed E-state index contributed by atoms with van der Waals surface area (Å²) in [5.74, 6) is 2.71. The molecule has 0 radical (unpaired) electrons. The average molecular weight is 444 g/mol. The lowest BCUT2D eigenvalue weighted by Gasteiger charge is -2.33. The summed E-state index contributed by atoms with van der Waals surface area (Å²) in [6.07, 6.45) is 8.29. The van der Waals surface area contributed by atoms with Gasteiger partial charge >= 0.3 is 0 Å². The van der Waals surface area contributed by atoms with E-state index in [9.17, 15) is 0 Å². The number of hydrogen-bond donors (Lipinski definition) is 0. The van der Waals surface area contributed by atoms with Gasteiger partial charge in [-0.25, -0.2) is 4.98 Å². The van der Waals surface area contributed by atoms with Crippen LogP contribution in [0.3, 0.4) is 0 Å². The summed E-state index contributed by atoms with van der Waals surface area (Å²) >= 11 is 3.46. The highest BCUT2D eigenvalue weighted by molar-refractivity contribution is 9.10. The highest BCUT2D eigenvalue weighted by Crippen LogP contribution is 2.31. The number of aromatic nitrogens is 1. The summed E-state index contributed by atoms with van der Waals surface area (Å²) in [5.41, 5.74) is 1.44. The van der Waals surface area contributed by atoms with Crippen LogP contribution in [0.4, 0.5) is 5.82 Å². The van der Waals surface area contributed by atoms with E-state index in [2.05, 4.69) is 67.1 Å². The molecule has 150 valence electrons. The molecule has 3 heterocycles. The Morgan fingerprint density at radius 3 is 2.36 bits per heavy atom. The zero-order valence-electron chi connectivity index (χ0n) is 16.5. The van der Waals surface area contributed by atoms with E-state index in [4.69, 9.17) is 4.74 Å². The van der Waals surface area contributed by atoms with Crippen molar-refractivity contribution in [2.45, 2.75) is 38.0 Å². The lowest BCUT2D eigenvalue weighted by atomic mass is 9.89. The molecule has 0 saturated carbocycles. The fourth-order valence-electron chi connectivity index (χ4n) is 4.31. The highest BCUT2D eigenvalue weighted by Gasteiger charge is 2.21. The molecule has 1 aromatic heterocycles. The van der Waals surface area contributed by atoms with Crippen molar-refractivity contribution in [3.63, 3.8) is 0 Å². The van der Waals surface area contributed by atoms with Crippen LogP contribution in [0.2, 0.25) is 0 Å². The van der Waals surface area contributed by atoms with Crippen LogP contribution in [0.5, 0.6) is 5.75 Å². The first kappa shape index (κ1) is 19.7. The van der Waals surface area contributed by atoms with Crippen molar-refractivity contribution in [1.82, 2.24) is 9.88 Å². The monoisotopic (exact) mass is 443 g/mol. The van der Waals surface area contributed by atoms with Crippen molar-refractivity contribution in [2.75, 3.05) is 44.2 Å². The molecule has 28 heavy (non-hydrogen) atoms. The van der Waals surface area contributed by atoms with E-state index in [0.717, 1.165) is 42.3 Å². The molecule has 0 atom stereocenters. The summed E-state index contributed by atoms with van der Waals surface area (Å²) in [6, 6.07) is 13.0. The summed E-state index contributed by atoms with van der Waals surface area (Å²) in [4.78, 5) is 9.44. The number of pyridine rings is 1. The first-order valence-corrected chi connectivity index (χ1v) is 11.4. The molecule has 4 nitrogen and oxygen atoms in total. The van der Waals surface area contributed by atoms with E-state index < -0.39 is 0 Å². The van der Waals surface area contributed by atoms with Crippen molar-refractivity contribution < 1.29 is 4.74 Å². The molecular formula is C23H30BrN3O. The molecule has 0 unspecified atom stereocenters. The minimum Gasteiger partial charge on any atom is -0.492 e. The zero-order valence-corrected chi connectivity index (χ0v) is 18.1. The van der Waals surface area contributed by atoms with Crippen LogP contribution in [0, 0.1) is 0 Å². The maximum Gasteiger partial charge on any atom is 0.128 e. The van der Waals surface area contributed by atoms with Gasteiger partial charge in [0, 0.05) is 30.3 Å². The number of rotatable bonds is 6. The van der Waals surface area contributed by atoms with Crippen LogP contribution in [0.15, 0.2) is 47.1 Å². The van der Waals surface area contributed by atoms with E-state index in [1.54, 1.807) is 0 Å². The van der Waals surface area contributed by atoms with Gasteiger partial charge in [0.1, 0.15) is 18.2 Å². The van der Waals surface area contributed by atoms with E-state index in [0.29, 0.717) is 5.92 Å². The highest BCUT2D eigenvalue weighted by atomic mass is 79.9. The second kappa shape index (κ2) is 9.75. The van der Waals surface area contributed by atoms with Gasteiger partial charge in [-0.05, 0) is 90.4 Å². The van der Waals surface area contributed by atoms with E-state index >= 15 is 0 Å². The van der Waals surface area contributed by atoms with Crippen LogP contribution in [0.25, 0.3) is 0 Å². The predicted octanol–water partition coefficient (Wildman–Crippen LogP) is 5.09. The first-order chi connectivity index (χ1) is 13.8. The molecule has 4 rings (SSSR count). The Hall–Kier alpha value is -1.59. The molecule has 2 fully saturated rings. The van der Waals surface area contributed by atoms with E-state index in [1.165, 1.54) is 50.8 Å².